The van der Waals surface area contributed by atoms with Crippen LogP contribution in [0.3, 0.4) is 0 Å². The van der Waals surface area contributed by atoms with Crippen LogP contribution in [0.25, 0.3) is 0 Å². The van der Waals surface area contributed by atoms with E-state index in [2.05, 4.69) is 33.0 Å². The molecule has 0 N–H and O–H groups in total. The van der Waals surface area contributed by atoms with Crippen molar-refractivity contribution in [2.45, 2.75) is 58.1 Å². The molecule has 1 saturated heterocycles. The number of hydrogen-bond acceptors (Lipinski definition) is 6. The third-order valence-electron chi connectivity index (χ3n) is 6.00. The summed E-state index contributed by atoms with van der Waals surface area (Å²) in [5, 5.41) is 0. The van der Waals surface area contributed by atoms with E-state index in [0.717, 1.165) is 56.9 Å². The zero-order chi connectivity index (χ0) is 23.7. The van der Waals surface area contributed by atoms with Crippen LogP contribution in [0.4, 0.5) is 0 Å². The number of carbonyl (C=O) groups is 1. The number of ether oxygens (including phenoxy) is 2. The monoisotopic (exact) mass is 453 g/mol. The summed E-state index contributed by atoms with van der Waals surface area (Å²) < 4.78 is 11.1. The Labute approximate surface area is 198 Å². The summed E-state index contributed by atoms with van der Waals surface area (Å²) in [6.45, 7) is 10.7. The molecule has 0 bridgehead atoms. The molecule has 0 saturated carbocycles. The predicted molar refractivity (Wildman–Crippen MR) is 131 cm³/mol. The average Bonchev–Trinajstić information content (AvgIpc) is 2.79. The van der Waals surface area contributed by atoms with E-state index in [-0.39, 0.29) is 12.5 Å². The first-order valence-corrected chi connectivity index (χ1v) is 12.0. The second-order valence-corrected chi connectivity index (χ2v) is 9.83. The van der Waals surface area contributed by atoms with Crippen molar-refractivity contribution in [3.63, 3.8) is 0 Å². The molecule has 0 radical (unpaired) electrons. The average molecular weight is 454 g/mol. The van der Waals surface area contributed by atoms with Crippen molar-refractivity contribution in [3.05, 3.63) is 59.9 Å². The Hall–Kier alpha value is -2.44. The SMILES string of the molecule is COc1ccccc1C1CCN(CCCN(CC(=O)OC(C)(C)C)Cc2ccccn2)CC1. The summed E-state index contributed by atoms with van der Waals surface area (Å²) in [6.07, 6.45) is 5.10. The highest BCUT2D eigenvalue weighted by Crippen LogP contribution is 2.33. The Bertz CT molecular complexity index is 858. The van der Waals surface area contributed by atoms with Gasteiger partial charge in [0.15, 0.2) is 0 Å². The summed E-state index contributed by atoms with van der Waals surface area (Å²) in [5.41, 5.74) is 1.83. The van der Waals surface area contributed by atoms with Gasteiger partial charge in [-0.3, -0.25) is 14.7 Å². The quantitative estimate of drug-likeness (QED) is 0.494. The van der Waals surface area contributed by atoms with E-state index in [1.165, 1.54) is 5.56 Å². The van der Waals surface area contributed by atoms with Gasteiger partial charge < -0.3 is 14.4 Å². The number of esters is 1. The lowest BCUT2D eigenvalue weighted by molar-refractivity contribution is -0.156. The normalized spacial score (nSPS) is 15.5. The summed E-state index contributed by atoms with van der Waals surface area (Å²) >= 11 is 0. The molecule has 1 aliphatic heterocycles. The molecule has 0 unspecified atom stereocenters. The maximum atomic E-state index is 12.4. The van der Waals surface area contributed by atoms with Crippen molar-refractivity contribution in [3.8, 4) is 5.75 Å². The zero-order valence-electron chi connectivity index (χ0n) is 20.6. The first kappa shape index (κ1) is 25.2. The number of rotatable bonds is 10. The number of piperidine rings is 1. The smallest absolute Gasteiger partial charge is 0.320 e. The molecule has 6 heteroatoms. The highest BCUT2D eigenvalue weighted by atomic mass is 16.6. The van der Waals surface area contributed by atoms with E-state index in [0.29, 0.717) is 12.5 Å². The number of carbonyl (C=O) groups excluding carboxylic acids is 1. The first-order chi connectivity index (χ1) is 15.8. The van der Waals surface area contributed by atoms with Crippen LogP contribution in [0.5, 0.6) is 5.75 Å². The molecule has 1 aromatic carbocycles. The molecule has 1 fully saturated rings. The number of para-hydroxylation sites is 1. The number of methoxy groups -OCH3 is 1. The van der Waals surface area contributed by atoms with Crippen molar-refractivity contribution in [1.82, 2.24) is 14.8 Å². The van der Waals surface area contributed by atoms with Crippen LogP contribution in [0.1, 0.15) is 57.2 Å². The molecule has 0 aliphatic carbocycles. The lowest BCUT2D eigenvalue weighted by atomic mass is 9.89. The fraction of sp³-hybridized carbons (Fsp3) is 0.556. The molecular formula is C27H39N3O3. The van der Waals surface area contributed by atoms with E-state index >= 15 is 0 Å². The fourth-order valence-electron chi connectivity index (χ4n) is 4.48. The maximum Gasteiger partial charge on any atom is 0.320 e. The van der Waals surface area contributed by atoms with Crippen LogP contribution in [0.2, 0.25) is 0 Å². The topological polar surface area (TPSA) is 54.9 Å². The maximum absolute atomic E-state index is 12.4. The summed E-state index contributed by atoms with van der Waals surface area (Å²) in [5.74, 6) is 1.38. The lowest BCUT2D eigenvalue weighted by Crippen LogP contribution is -2.38. The van der Waals surface area contributed by atoms with Crippen LogP contribution in [-0.4, -0.2) is 66.2 Å². The van der Waals surface area contributed by atoms with Crippen molar-refractivity contribution in [2.24, 2.45) is 0 Å². The van der Waals surface area contributed by atoms with Crippen molar-refractivity contribution >= 4 is 5.97 Å². The first-order valence-electron chi connectivity index (χ1n) is 12.0. The minimum absolute atomic E-state index is 0.184. The Morgan fingerprint density at radius 3 is 2.52 bits per heavy atom. The summed E-state index contributed by atoms with van der Waals surface area (Å²) in [7, 11) is 1.75. The summed E-state index contributed by atoms with van der Waals surface area (Å²) in [4.78, 5) is 21.6. The Morgan fingerprint density at radius 1 is 1.12 bits per heavy atom. The van der Waals surface area contributed by atoms with Crippen LogP contribution in [0, 0.1) is 0 Å². The van der Waals surface area contributed by atoms with Gasteiger partial charge >= 0.3 is 5.97 Å². The van der Waals surface area contributed by atoms with Crippen LogP contribution >= 0.6 is 0 Å². The highest BCUT2D eigenvalue weighted by molar-refractivity contribution is 5.72. The predicted octanol–water partition coefficient (Wildman–Crippen LogP) is 4.50. The molecular weight excluding hydrogens is 414 g/mol. The van der Waals surface area contributed by atoms with Gasteiger partial charge in [0.1, 0.15) is 11.4 Å². The number of likely N-dealkylation sites (tertiary alicyclic amines) is 1. The fourth-order valence-corrected chi connectivity index (χ4v) is 4.48. The van der Waals surface area contributed by atoms with Gasteiger partial charge in [0, 0.05) is 19.3 Å². The van der Waals surface area contributed by atoms with Crippen molar-refractivity contribution < 1.29 is 14.3 Å². The Morgan fingerprint density at radius 2 is 1.85 bits per heavy atom. The van der Waals surface area contributed by atoms with Gasteiger partial charge in [-0.15, -0.1) is 0 Å². The minimum Gasteiger partial charge on any atom is -0.496 e. The summed E-state index contributed by atoms with van der Waals surface area (Å²) in [6, 6.07) is 14.3. The molecule has 0 atom stereocenters. The van der Waals surface area contributed by atoms with E-state index in [1.807, 2.05) is 45.0 Å². The molecule has 0 spiro atoms. The number of nitrogens with zero attached hydrogens (tertiary/aromatic N) is 3. The second-order valence-electron chi connectivity index (χ2n) is 9.83. The molecule has 180 valence electrons. The molecule has 3 rings (SSSR count). The Balaban J connectivity index is 1.48. The van der Waals surface area contributed by atoms with Crippen LogP contribution < -0.4 is 4.74 Å². The largest absolute Gasteiger partial charge is 0.496 e. The van der Waals surface area contributed by atoms with Gasteiger partial charge in [-0.05, 0) is 89.3 Å². The third-order valence-corrected chi connectivity index (χ3v) is 6.00. The highest BCUT2D eigenvalue weighted by Gasteiger charge is 2.23. The Kier molecular flexibility index (Phi) is 9.27. The molecule has 1 aliphatic rings. The van der Waals surface area contributed by atoms with Crippen LogP contribution in [0.15, 0.2) is 48.7 Å². The molecule has 2 aromatic rings. The minimum atomic E-state index is -0.473. The van der Waals surface area contributed by atoms with E-state index in [4.69, 9.17) is 9.47 Å². The molecule has 33 heavy (non-hydrogen) atoms. The molecule has 2 heterocycles. The number of pyridine rings is 1. The van der Waals surface area contributed by atoms with Gasteiger partial charge in [-0.25, -0.2) is 0 Å². The van der Waals surface area contributed by atoms with E-state index in [1.54, 1.807) is 13.3 Å². The molecule has 0 amide bonds. The zero-order valence-corrected chi connectivity index (χ0v) is 20.6. The van der Waals surface area contributed by atoms with Crippen molar-refractivity contribution in [1.29, 1.82) is 0 Å². The van der Waals surface area contributed by atoms with Gasteiger partial charge in [-0.1, -0.05) is 24.3 Å². The van der Waals surface area contributed by atoms with E-state index < -0.39 is 5.60 Å². The van der Waals surface area contributed by atoms with Gasteiger partial charge in [0.2, 0.25) is 0 Å². The molecule has 6 nitrogen and oxygen atoms in total. The second kappa shape index (κ2) is 12.1. The van der Waals surface area contributed by atoms with Gasteiger partial charge in [-0.2, -0.15) is 0 Å². The van der Waals surface area contributed by atoms with E-state index in [9.17, 15) is 4.79 Å². The number of hydrogen-bond donors (Lipinski definition) is 0. The van der Waals surface area contributed by atoms with Crippen LogP contribution in [-0.2, 0) is 16.1 Å². The van der Waals surface area contributed by atoms with Gasteiger partial charge in [0.05, 0.1) is 19.3 Å². The lowest BCUT2D eigenvalue weighted by Gasteiger charge is -2.33. The standard InChI is InChI=1S/C27H39N3O3/c1-27(2,3)33-26(31)21-30(20-23-10-7-8-15-28-23)17-9-16-29-18-13-22(14-19-29)24-11-5-6-12-25(24)32-4/h5-8,10-12,15,22H,9,13-14,16-21H2,1-4H3. The third kappa shape index (κ3) is 8.45. The molecule has 1 aromatic heterocycles. The van der Waals surface area contributed by atoms with Gasteiger partial charge in [0.25, 0.3) is 0 Å². The van der Waals surface area contributed by atoms with Crippen molar-refractivity contribution in [2.75, 3.05) is 39.8 Å². The number of aromatic nitrogens is 1. The number of benzene rings is 1.